The lowest BCUT2D eigenvalue weighted by Gasteiger charge is -2.29. The number of halogens is 1. The first-order valence-electron chi connectivity index (χ1n) is 5.95. The molecule has 0 bridgehead atoms. The van der Waals surface area contributed by atoms with Crippen molar-refractivity contribution in [1.82, 2.24) is 0 Å². The lowest BCUT2D eigenvalue weighted by Crippen LogP contribution is -2.38. The number of hydrogen-bond donors (Lipinski definition) is 1. The molecule has 0 amide bonds. The second kappa shape index (κ2) is 7.56. The van der Waals surface area contributed by atoms with Crippen LogP contribution in [0.25, 0.3) is 0 Å². The van der Waals surface area contributed by atoms with Gasteiger partial charge in [0, 0.05) is 25.3 Å². The van der Waals surface area contributed by atoms with Crippen LogP contribution in [0.1, 0.15) is 13.3 Å². The van der Waals surface area contributed by atoms with Crippen molar-refractivity contribution in [3.8, 4) is 0 Å². The molecule has 2 N–H and O–H groups in total. The van der Waals surface area contributed by atoms with Gasteiger partial charge in [0.15, 0.2) is 0 Å². The summed E-state index contributed by atoms with van der Waals surface area (Å²) in [5.74, 6) is 2.05. The summed E-state index contributed by atoms with van der Waals surface area (Å²) in [5.41, 5.74) is 6.82. The molecule has 0 aliphatic heterocycles. The Balaban J connectivity index is 2.58. The number of hydrogen-bond acceptors (Lipinski definition) is 3. The number of likely N-dealkylation sites (N-methyl/N-ethyl adjacent to an activating group) is 1. The van der Waals surface area contributed by atoms with E-state index in [2.05, 4.69) is 11.8 Å². The van der Waals surface area contributed by atoms with E-state index in [0.29, 0.717) is 12.6 Å². The lowest BCUT2D eigenvalue weighted by atomic mass is 10.1. The molecule has 0 aliphatic rings. The molecular formula is C13H21FN2S. The van der Waals surface area contributed by atoms with Crippen molar-refractivity contribution in [2.24, 2.45) is 5.73 Å². The van der Waals surface area contributed by atoms with Crippen LogP contribution in [0, 0.1) is 5.82 Å². The maximum Gasteiger partial charge on any atom is 0.123 e. The van der Waals surface area contributed by atoms with Crippen molar-refractivity contribution in [2.75, 3.05) is 30.0 Å². The second-order valence-corrected chi connectivity index (χ2v) is 5.36. The van der Waals surface area contributed by atoms with Crippen LogP contribution in [0.2, 0.25) is 0 Å². The molecule has 1 aromatic rings. The van der Waals surface area contributed by atoms with Crippen LogP contribution in [-0.4, -0.2) is 31.1 Å². The molecule has 0 aromatic heterocycles. The zero-order valence-electron chi connectivity index (χ0n) is 10.5. The Kier molecular flexibility index (Phi) is 6.37. The molecule has 1 rings (SSSR count). The van der Waals surface area contributed by atoms with Gasteiger partial charge in [-0.3, -0.25) is 0 Å². The van der Waals surface area contributed by atoms with E-state index >= 15 is 0 Å². The first-order chi connectivity index (χ1) is 8.19. The molecule has 1 unspecified atom stereocenters. The van der Waals surface area contributed by atoms with Gasteiger partial charge in [-0.25, -0.2) is 4.39 Å². The third kappa shape index (κ3) is 4.56. The fourth-order valence-corrected chi connectivity index (χ4v) is 2.45. The summed E-state index contributed by atoms with van der Waals surface area (Å²) in [4.78, 5) is 2.13. The van der Waals surface area contributed by atoms with E-state index in [1.807, 2.05) is 18.8 Å². The van der Waals surface area contributed by atoms with Gasteiger partial charge < -0.3 is 10.6 Å². The summed E-state index contributed by atoms with van der Waals surface area (Å²) >= 11 is 1.92. The molecule has 0 fully saturated rings. The van der Waals surface area contributed by atoms with Gasteiger partial charge in [0.25, 0.3) is 0 Å². The summed E-state index contributed by atoms with van der Waals surface area (Å²) in [7, 11) is 2.02. The number of benzene rings is 1. The molecule has 1 aromatic carbocycles. The van der Waals surface area contributed by atoms with Crippen LogP contribution >= 0.6 is 11.8 Å². The quantitative estimate of drug-likeness (QED) is 0.761. The van der Waals surface area contributed by atoms with Crippen molar-refractivity contribution in [3.05, 3.63) is 30.1 Å². The summed E-state index contributed by atoms with van der Waals surface area (Å²) in [6.07, 6.45) is 1.06. The van der Waals surface area contributed by atoms with Gasteiger partial charge in [-0.15, -0.1) is 0 Å². The minimum absolute atomic E-state index is 0.201. The van der Waals surface area contributed by atoms with E-state index in [4.69, 9.17) is 5.73 Å². The molecular weight excluding hydrogens is 235 g/mol. The topological polar surface area (TPSA) is 29.3 Å². The van der Waals surface area contributed by atoms with E-state index in [1.54, 1.807) is 12.1 Å². The molecule has 96 valence electrons. The molecule has 4 heteroatoms. The Labute approximate surface area is 107 Å². The Hall–Kier alpha value is -0.740. The fourth-order valence-electron chi connectivity index (χ4n) is 1.72. The van der Waals surface area contributed by atoms with Crippen LogP contribution in [-0.2, 0) is 0 Å². The highest BCUT2D eigenvalue weighted by molar-refractivity contribution is 7.99. The van der Waals surface area contributed by atoms with Crippen LogP contribution < -0.4 is 10.6 Å². The maximum absolute atomic E-state index is 12.8. The smallest absolute Gasteiger partial charge is 0.123 e. The highest BCUT2D eigenvalue weighted by atomic mass is 32.2. The molecule has 1 atom stereocenters. The molecule has 0 saturated heterocycles. The number of nitrogens with zero attached hydrogens (tertiary/aromatic N) is 1. The molecule has 2 nitrogen and oxygen atoms in total. The van der Waals surface area contributed by atoms with Gasteiger partial charge in [-0.05, 0) is 42.2 Å². The van der Waals surface area contributed by atoms with Crippen molar-refractivity contribution < 1.29 is 4.39 Å². The van der Waals surface area contributed by atoms with Crippen LogP contribution in [0.3, 0.4) is 0 Å². The SMILES string of the molecule is CCSCCC(CN)N(C)c1ccc(F)cc1. The highest BCUT2D eigenvalue weighted by Gasteiger charge is 2.13. The van der Waals surface area contributed by atoms with Gasteiger partial charge in [-0.2, -0.15) is 11.8 Å². The Morgan fingerprint density at radius 1 is 1.35 bits per heavy atom. The lowest BCUT2D eigenvalue weighted by molar-refractivity contribution is 0.616. The largest absolute Gasteiger partial charge is 0.370 e. The highest BCUT2D eigenvalue weighted by Crippen LogP contribution is 2.18. The van der Waals surface area contributed by atoms with Gasteiger partial charge in [-0.1, -0.05) is 6.92 Å². The van der Waals surface area contributed by atoms with E-state index in [-0.39, 0.29) is 5.82 Å². The molecule has 0 saturated carbocycles. The van der Waals surface area contributed by atoms with E-state index in [1.165, 1.54) is 12.1 Å². The monoisotopic (exact) mass is 256 g/mol. The van der Waals surface area contributed by atoms with Crippen LogP contribution in [0.15, 0.2) is 24.3 Å². The van der Waals surface area contributed by atoms with Crippen LogP contribution in [0.4, 0.5) is 10.1 Å². The van der Waals surface area contributed by atoms with Gasteiger partial charge >= 0.3 is 0 Å². The second-order valence-electron chi connectivity index (χ2n) is 3.96. The Bertz CT molecular complexity index is 316. The molecule has 0 heterocycles. The third-order valence-electron chi connectivity index (χ3n) is 2.85. The maximum atomic E-state index is 12.8. The standard InChI is InChI=1S/C13H21FN2S/c1-3-17-9-8-13(10-15)16(2)12-6-4-11(14)5-7-12/h4-7,13H,3,8-10,15H2,1-2H3. The average molecular weight is 256 g/mol. The van der Waals surface area contributed by atoms with Crippen molar-refractivity contribution in [2.45, 2.75) is 19.4 Å². The summed E-state index contributed by atoms with van der Waals surface area (Å²) in [6, 6.07) is 6.88. The number of nitrogens with two attached hydrogens (primary N) is 1. The minimum Gasteiger partial charge on any atom is -0.370 e. The van der Waals surface area contributed by atoms with E-state index in [0.717, 1.165) is 23.6 Å². The number of anilines is 1. The first kappa shape index (κ1) is 14.3. The van der Waals surface area contributed by atoms with E-state index < -0.39 is 0 Å². The third-order valence-corrected chi connectivity index (χ3v) is 3.79. The molecule has 0 aliphatic carbocycles. The van der Waals surface area contributed by atoms with Gasteiger partial charge in [0.1, 0.15) is 5.82 Å². The zero-order chi connectivity index (χ0) is 12.7. The molecule has 0 radical (unpaired) electrons. The van der Waals surface area contributed by atoms with Crippen molar-refractivity contribution in [3.63, 3.8) is 0 Å². The summed E-state index contributed by atoms with van der Waals surface area (Å²) in [5, 5.41) is 0. The van der Waals surface area contributed by atoms with Crippen molar-refractivity contribution >= 4 is 17.4 Å². The van der Waals surface area contributed by atoms with Crippen molar-refractivity contribution in [1.29, 1.82) is 0 Å². The Morgan fingerprint density at radius 3 is 2.53 bits per heavy atom. The van der Waals surface area contributed by atoms with E-state index in [9.17, 15) is 4.39 Å². The van der Waals surface area contributed by atoms with Gasteiger partial charge in [0.2, 0.25) is 0 Å². The zero-order valence-corrected chi connectivity index (χ0v) is 11.3. The predicted molar refractivity (Wildman–Crippen MR) is 75.3 cm³/mol. The van der Waals surface area contributed by atoms with Crippen LogP contribution in [0.5, 0.6) is 0 Å². The molecule has 0 spiro atoms. The normalized spacial score (nSPS) is 12.5. The predicted octanol–water partition coefficient (Wildman–Crippen LogP) is 2.73. The van der Waals surface area contributed by atoms with Gasteiger partial charge in [0.05, 0.1) is 0 Å². The summed E-state index contributed by atoms with van der Waals surface area (Å²) in [6.45, 7) is 2.78. The fraction of sp³-hybridized carbons (Fsp3) is 0.538. The number of thioether (sulfide) groups is 1. The Morgan fingerprint density at radius 2 is 2.00 bits per heavy atom. The first-order valence-corrected chi connectivity index (χ1v) is 7.10. The summed E-state index contributed by atoms with van der Waals surface area (Å²) < 4.78 is 12.8. The minimum atomic E-state index is -0.201. The number of rotatable bonds is 7. The average Bonchev–Trinajstić information content (AvgIpc) is 2.35. The molecule has 17 heavy (non-hydrogen) atoms.